The normalized spacial score (nSPS) is 13.6. The van der Waals surface area contributed by atoms with Crippen molar-refractivity contribution in [1.82, 2.24) is 14.5 Å². The highest BCUT2D eigenvalue weighted by Crippen LogP contribution is 2.21. The van der Waals surface area contributed by atoms with Crippen molar-refractivity contribution in [3.05, 3.63) is 16.7 Å². The van der Waals surface area contributed by atoms with E-state index in [1.807, 2.05) is 0 Å². The van der Waals surface area contributed by atoms with Crippen LogP contribution in [0, 0.1) is 10.7 Å². The first kappa shape index (κ1) is 14.4. The molecule has 0 aliphatic carbocycles. The van der Waals surface area contributed by atoms with Gasteiger partial charge in [-0.1, -0.05) is 13.8 Å². The molecular formula is C12H23N3OS. The molecule has 0 aromatic carbocycles. The zero-order chi connectivity index (χ0) is 13.0. The molecule has 0 aliphatic heterocycles. The van der Waals surface area contributed by atoms with Crippen molar-refractivity contribution in [1.29, 1.82) is 0 Å². The summed E-state index contributed by atoms with van der Waals surface area (Å²) in [7, 11) is 4.12. The predicted octanol–water partition coefficient (Wildman–Crippen LogP) is 2.19. The van der Waals surface area contributed by atoms with Gasteiger partial charge in [-0.25, -0.2) is 0 Å². The fourth-order valence-corrected chi connectivity index (χ4v) is 2.49. The summed E-state index contributed by atoms with van der Waals surface area (Å²) in [6, 6.07) is 0.311. The Hall–Kier alpha value is -0.650. The van der Waals surface area contributed by atoms with E-state index in [4.69, 9.17) is 12.2 Å². The van der Waals surface area contributed by atoms with Crippen molar-refractivity contribution in [2.75, 3.05) is 20.6 Å². The molecule has 1 rings (SSSR count). The van der Waals surface area contributed by atoms with Crippen LogP contribution < -0.4 is 0 Å². The monoisotopic (exact) mass is 257 g/mol. The molecule has 1 aromatic heterocycles. The predicted molar refractivity (Wildman–Crippen MR) is 72.6 cm³/mol. The number of rotatable bonds is 6. The molecule has 0 fully saturated rings. The van der Waals surface area contributed by atoms with Gasteiger partial charge in [-0.05, 0) is 38.7 Å². The molecule has 17 heavy (non-hydrogen) atoms. The van der Waals surface area contributed by atoms with Crippen molar-refractivity contribution >= 4 is 12.2 Å². The van der Waals surface area contributed by atoms with E-state index in [1.165, 1.54) is 0 Å². The van der Waals surface area contributed by atoms with E-state index < -0.39 is 0 Å². The van der Waals surface area contributed by atoms with Gasteiger partial charge < -0.3 is 19.6 Å². The maximum atomic E-state index is 9.35. The molecule has 4 nitrogen and oxygen atoms in total. The van der Waals surface area contributed by atoms with Crippen LogP contribution in [0.2, 0.25) is 0 Å². The lowest BCUT2D eigenvalue weighted by Gasteiger charge is -2.25. The van der Waals surface area contributed by atoms with Crippen LogP contribution in [0.25, 0.3) is 0 Å². The first-order valence-electron chi connectivity index (χ1n) is 6.00. The van der Waals surface area contributed by atoms with Crippen molar-refractivity contribution in [2.24, 2.45) is 5.92 Å². The molecule has 1 aromatic rings. The number of aromatic amines is 1. The molecule has 5 heteroatoms. The smallest absolute Gasteiger partial charge is 0.177 e. The van der Waals surface area contributed by atoms with Gasteiger partial charge in [0.1, 0.15) is 0 Å². The van der Waals surface area contributed by atoms with Crippen LogP contribution in [-0.4, -0.2) is 40.2 Å². The molecule has 2 N–H and O–H groups in total. The minimum absolute atomic E-state index is 0.0230. The van der Waals surface area contributed by atoms with Crippen LogP contribution in [0.4, 0.5) is 0 Å². The zero-order valence-electron chi connectivity index (χ0n) is 11.1. The van der Waals surface area contributed by atoms with Crippen molar-refractivity contribution in [2.45, 2.75) is 32.9 Å². The molecule has 0 bridgehead atoms. The van der Waals surface area contributed by atoms with E-state index in [9.17, 15) is 5.11 Å². The van der Waals surface area contributed by atoms with Crippen LogP contribution in [0.15, 0.2) is 6.20 Å². The Kier molecular flexibility index (Phi) is 5.36. The van der Waals surface area contributed by atoms with Gasteiger partial charge in [0, 0.05) is 18.8 Å². The number of hydrogen-bond donors (Lipinski definition) is 2. The van der Waals surface area contributed by atoms with E-state index in [1.54, 1.807) is 6.20 Å². The maximum absolute atomic E-state index is 9.35. The fourth-order valence-electron chi connectivity index (χ4n) is 2.16. The van der Waals surface area contributed by atoms with E-state index >= 15 is 0 Å². The molecule has 1 atom stereocenters. The average molecular weight is 257 g/mol. The van der Waals surface area contributed by atoms with Crippen molar-refractivity contribution in [3.8, 4) is 0 Å². The highest BCUT2D eigenvalue weighted by molar-refractivity contribution is 7.71. The summed E-state index contributed by atoms with van der Waals surface area (Å²) in [5.74, 6) is 0.600. The number of likely N-dealkylation sites (N-methyl/N-ethyl adjacent to an activating group) is 1. The van der Waals surface area contributed by atoms with Gasteiger partial charge >= 0.3 is 0 Å². The SMILES string of the molecule is CC(C)CC(CN(C)C)n1c(CO)c[nH]c1=S. The van der Waals surface area contributed by atoms with E-state index in [0.29, 0.717) is 16.7 Å². The number of hydrogen-bond acceptors (Lipinski definition) is 3. The maximum Gasteiger partial charge on any atom is 0.177 e. The number of imidazole rings is 1. The lowest BCUT2D eigenvalue weighted by molar-refractivity contribution is 0.244. The Morgan fingerprint density at radius 1 is 1.47 bits per heavy atom. The average Bonchev–Trinajstić information content (AvgIpc) is 2.57. The molecule has 0 amide bonds. The van der Waals surface area contributed by atoms with E-state index in [-0.39, 0.29) is 6.61 Å². The second-order valence-electron chi connectivity index (χ2n) is 5.16. The Bertz CT molecular complexity index is 385. The molecule has 0 spiro atoms. The molecular weight excluding hydrogens is 234 g/mol. The summed E-state index contributed by atoms with van der Waals surface area (Å²) in [5, 5.41) is 9.35. The second kappa shape index (κ2) is 6.33. The largest absolute Gasteiger partial charge is 0.390 e. The topological polar surface area (TPSA) is 44.2 Å². The summed E-state index contributed by atoms with van der Waals surface area (Å²) < 4.78 is 2.75. The number of aliphatic hydroxyl groups is 1. The third kappa shape index (κ3) is 3.94. The molecule has 0 saturated carbocycles. The molecule has 0 radical (unpaired) electrons. The van der Waals surface area contributed by atoms with Gasteiger partial charge in [0.15, 0.2) is 4.77 Å². The summed E-state index contributed by atoms with van der Waals surface area (Å²) in [4.78, 5) is 5.17. The van der Waals surface area contributed by atoms with Gasteiger partial charge in [0.05, 0.1) is 12.3 Å². The summed E-state index contributed by atoms with van der Waals surface area (Å²) in [6.45, 7) is 5.36. The van der Waals surface area contributed by atoms with Gasteiger partial charge in [0.2, 0.25) is 0 Å². The first-order chi connectivity index (χ1) is 7.95. The lowest BCUT2D eigenvalue weighted by atomic mass is 10.0. The highest BCUT2D eigenvalue weighted by atomic mass is 32.1. The number of nitrogens with one attached hydrogen (secondary N) is 1. The van der Waals surface area contributed by atoms with Crippen LogP contribution in [0.3, 0.4) is 0 Å². The Morgan fingerprint density at radius 2 is 2.12 bits per heavy atom. The molecule has 1 heterocycles. The third-order valence-corrected chi connectivity index (χ3v) is 3.05. The van der Waals surface area contributed by atoms with Crippen LogP contribution in [0.1, 0.15) is 32.0 Å². The number of nitrogens with zero attached hydrogens (tertiary/aromatic N) is 2. The Balaban J connectivity index is 3.02. The number of H-pyrrole nitrogens is 1. The third-order valence-electron chi connectivity index (χ3n) is 2.74. The Morgan fingerprint density at radius 3 is 2.59 bits per heavy atom. The summed E-state index contributed by atoms with van der Waals surface area (Å²) in [6.07, 6.45) is 2.85. The first-order valence-corrected chi connectivity index (χ1v) is 6.41. The minimum atomic E-state index is 0.0230. The molecule has 1 unspecified atom stereocenters. The standard InChI is InChI=1S/C12H23N3OS/c1-9(2)5-10(7-14(3)4)15-11(8-16)6-13-12(15)17/h6,9-10,16H,5,7-8H2,1-4H3,(H,13,17). The lowest BCUT2D eigenvalue weighted by Crippen LogP contribution is -2.27. The van der Waals surface area contributed by atoms with Crippen LogP contribution in [-0.2, 0) is 6.61 Å². The van der Waals surface area contributed by atoms with Crippen molar-refractivity contribution < 1.29 is 5.11 Å². The Labute approximate surface area is 108 Å². The number of aliphatic hydroxyl groups excluding tert-OH is 1. The van der Waals surface area contributed by atoms with Gasteiger partial charge in [-0.15, -0.1) is 0 Å². The summed E-state index contributed by atoms with van der Waals surface area (Å²) in [5.41, 5.74) is 0.863. The highest BCUT2D eigenvalue weighted by Gasteiger charge is 2.17. The molecule has 0 aliphatic rings. The summed E-state index contributed by atoms with van der Waals surface area (Å²) >= 11 is 5.30. The van der Waals surface area contributed by atoms with Crippen LogP contribution in [0.5, 0.6) is 0 Å². The van der Waals surface area contributed by atoms with Gasteiger partial charge in [-0.3, -0.25) is 0 Å². The second-order valence-corrected chi connectivity index (χ2v) is 5.55. The van der Waals surface area contributed by atoms with E-state index in [0.717, 1.165) is 18.7 Å². The van der Waals surface area contributed by atoms with Crippen molar-refractivity contribution in [3.63, 3.8) is 0 Å². The van der Waals surface area contributed by atoms with Gasteiger partial charge in [0.25, 0.3) is 0 Å². The van der Waals surface area contributed by atoms with E-state index in [2.05, 4.69) is 42.4 Å². The fraction of sp³-hybridized carbons (Fsp3) is 0.750. The minimum Gasteiger partial charge on any atom is -0.390 e. The quantitative estimate of drug-likeness (QED) is 0.768. The van der Waals surface area contributed by atoms with Crippen LogP contribution >= 0.6 is 12.2 Å². The van der Waals surface area contributed by atoms with Gasteiger partial charge in [-0.2, -0.15) is 0 Å². The molecule has 98 valence electrons. The number of aromatic nitrogens is 2. The zero-order valence-corrected chi connectivity index (χ0v) is 11.9. The molecule has 0 saturated heterocycles.